The highest BCUT2D eigenvalue weighted by Crippen LogP contribution is 2.03. The third-order valence-electron chi connectivity index (χ3n) is 2.85. The molecule has 0 heterocycles. The van der Waals surface area contributed by atoms with E-state index in [1.165, 1.54) is 5.56 Å². The van der Waals surface area contributed by atoms with Crippen molar-refractivity contribution < 1.29 is 4.79 Å². The van der Waals surface area contributed by atoms with E-state index in [1.807, 2.05) is 18.2 Å². The number of nitrogens with two attached hydrogens (primary N) is 1. The van der Waals surface area contributed by atoms with E-state index in [2.05, 4.69) is 31.3 Å². The van der Waals surface area contributed by atoms with Gasteiger partial charge >= 0.3 is 0 Å². The first-order chi connectivity index (χ1) is 8.59. The van der Waals surface area contributed by atoms with E-state index in [4.69, 9.17) is 5.73 Å². The smallest absolute Gasteiger partial charge is 0.236 e. The number of hydrogen-bond donors (Lipinski definition) is 2. The van der Waals surface area contributed by atoms with Gasteiger partial charge in [0.25, 0.3) is 0 Å². The lowest BCUT2D eigenvalue weighted by atomic mass is 10.0. The number of nitrogens with one attached hydrogen (secondary N) is 1. The summed E-state index contributed by atoms with van der Waals surface area (Å²) < 4.78 is 0. The summed E-state index contributed by atoms with van der Waals surface area (Å²) in [5.74, 6) is 0.423. The quantitative estimate of drug-likeness (QED) is 0.756. The van der Waals surface area contributed by atoms with Crippen LogP contribution in [0.15, 0.2) is 30.3 Å². The van der Waals surface area contributed by atoms with E-state index in [-0.39, 0.29) is 24.4 Å². The predicted octanol–water partition coefficient (Wildman–Crippen LogP) is 2.53. The van der Waals surface area contributed by atoms with Crippen LogP contribution in [0.1, 0.15) is 32.3 Å². The molecule has 0 aromatic heterocycles. The Morgan fingerprint density at radius 1 is 1.26 bits per heavy atom. The van der Waals surface area contributed by atoms with E-state index in [9.17, 15) is 4.79 Å². The van der Waals surface area contributed by atoms with Crippen LogP contribution < -0.4 is 11.1 Å². The summed E-state index contributed by atoms with van der Waals surface area (Å²) >= 11 is 0. The largest absolute Gasteiger partial charge is 0.355 e. The van der Waals surface area contributed by atoms with Gasteiger partial charge in [-0.05, 0) is 30.7 Å². The highest BCUT2D eigenvalue weighted by molar-refractivity contribution is 5.85. The molecule has 4 heteroatoms. The molecule has 0 spiro atoms. The highest BCUT2D eigenvalue weighted by atomic mass is 35.5. The molecule has 0 aliphatic carbocycles. The molecular formula is C15H25ClN2O. The van der Waals surface area contributed by atoms with Gasteiger partial charge in [-0.15, -0.1) is 12.4 Å². The summed E-state index contributed by atoms with van der Waals surface area (Å²) in [7, 11) is 0. The van der Waals surface area contributed by atoms with Crippen LogP contribution in [0, 0.1) is 5.92 Å². The van der Waals surface area contributed by atoms with Gasteiger partial charge in [-0.3, -0.25) is 4.79 Å². The molecule has 3 nitrogen and oxygen atoms in total. The molecule has 3 N–H and O–H groups in total. The summed E-state index contributed by atoms with van der Waals surface area (Å²) in [6, 6.07) is 9.91. The Bertz CT molecular complexity index is 354. The fourth-order valence-electron chi connectivity index (χ4n) is 1.89. The number of carbonyl (C=O) groups is 1. The molecule has 108 valence electrons. The number of benzene rings is 1. The van der Waals surface area contributed by atoms with Crippen molar-refractivity contribution in [3.05, 3.63) is 35.9 Å². The lowest BCUT2D eigenvalue weighted by Crippen LogP contribution is -2.41. The molecule has 0 saturated heterocycles. The minimum Gasteiger partial charge on any atom is -0.355 e. The molecule has 1 aromatic carbocycles. The summed E-state index contributed by atoms with van der Waals surface area (Å²) in [5.41, 5.74) is 7.10. The van der Waals surface area contributed by atoms with Gasteiger partial charge in [-0.2, -0.15) is 0 Å². The molecule has 1 atom stereocenters. The minimum absolute atomic E-state index is 0. The van der Waals surface area contributed by atoms with Crippen LogP contribution in [0.4, 0.5) is 0 Å². The van der Waals surface area contributed by atoms with Crippen LogP contribution in [-0.4, -0.2) is 18.5 Å². The molecule has 1 rings (SSSR count). The molecule has 0 fully saturated rings. The first-order valence-corrected chi connectivity index (χ1v) is 6.67. The maximum atomic E-state index is 11.7. The van der Waals surface area contributed by atoms with E-state index in [0.29, 0.717) is 12.5 Å². The van der Waals surface area contributed by atoms with Crippen molar-refractivity contribution in [1.29, 1.82) is 0 Å². The molecular weight excluding hydrogens is 260 g/mol. The molecule has 0 bridgehead atoms. The summed E-state index contributed by atoms with van der Waals surface area (Å²) in [4.78, 5) is 11.7. The third kappa shape index (κ3) is 7.85. The van der Waals surface area contributed by atoms with Crippen molar-refractivity contribution in [3.63, 3.8) is 0 Å². The standard InChI is InChI=1S/C15H24N2O.ClH/c1-12(2)11-14(16)15(18)17-10-6-9-13-7-4-3-5-8-13;/h3-5,7-8,12,14H,6,9-11,16H2,1-2H3,(H,17,18);1H/t14-;/m0./s1. The van der Waals surface area contributed by atoms with Gasteiger partial charge in [-0.25, -0.2) is 0 Å². The predicted molar refractivity (Wildman–Crippen MR) is 82.5 cm³/mol. The van der Waals surface area contributed by atoms with Crippen molar-refractivity contribution in [1.82, 2.24) is 5.32 Å². The Kier molecular flexibility index (Phi) is 9.27. The third-order valence-corrected chi connectivity index (χ3v) is 2.85. The normalized spacial score (nSPS) is 11.8. The number of halogens is 1. The van der Waals surface area contributed by atoms with E-state index >= 15 is 0 Å². The second kappa shape index (κ2) is 9.82. The average molecular weight is 285 g/mol. The maximum absolute atomic E-state index is 11.7. The van der Waals surface area contributed by atoms with Gasteiger partial charge in [0.05, 0.1) is 6.04 Å². The molecule has 0 saturated carbocycles. The monoisotopic (exact) mass is 284 g/mol. The fourth-order valence-corrected chi connectivity index (χ4v) is 1.89. The van der Waals surface area contributed by atoms with Crippen molar-refractivity contribution >= 4 is 18.3 Å². The number of rotatable bonds is 7. The first-order valence-electron chi connectivity index (χ1n) is 6.67. The molecule has 0 radical (unpaired) electrons. The fraction of sp³-hybridized carbons (Fsp3) is 0.533. The second-order valence-corrected chi connectivity index (χ2v) is 5.12. The maximum Gasteiger partial charge on any atom is 0.236 e. The molecule has 19 heavy (non-hydrogen) atoms. The first kappa shape index (κ1) is 17.9. The van der Waals surface area contributed by atoms with Gasteiger partial charge in [0.2, 0.25) is 5.91 Å². The topological polar surface area (TPSA) is 55.1 Å². The Labute approximate surface area is 122 Å². The zero-order valence-corrected chi connectivity index (χ0v) is 12.6. The van der Waals surface area contributed by atoms with Crippen molar-refractivity contribution in [2.45, 2.75) is 39.2 Å². The van der Waals surface area contributed by atoms with Crippen molar-refractivity contribution in [2.24, 2.45) is 11.7 Å². The highest BCUT2D eigenvalue weighted by Gasteiger charge is 2.13. The van der Waals surface area contributed by atoms with Gasteiger partial charge in [0.15, 0.2) is 0 Å². The molecule has 0 unspecified atom stereocenters. The van der Waals surface area contributed by atoms with Gasteiger partial charge in [0.1, 0.15) is 0 Å². The molecule has 0 aliphatic rings. The second-order valence-electron chi connectivity index (χ2n) is 5.12. The van der Waals surface area contributed by atoms with Gasteiger partial charge in [0, 0.05) is 6.54 Å². The van der Waals surface area contributed by atoms with Gasteiger partial charge < -0.3 is 11.1 Å². The zero-order valence-electron chi connectivity index (χ0n) is 11.8. The van der Waals surface area contributed by atoms with E-state index in [1.54, 1.807) is 0 Å². The van der Waals surface area contributed by atoms with Crippen molar-refractivity contribution in [2.75, 3.05) is 6.54 Å². The summed E-state index contributed by atoms with van der Waals surface area (Å²) in [6.07, 6.45) is 2.68. The summed E-state index contributed by atoms with van der Waals surface area (Å²) in [5, 5.41) is 2.89. The Hall–Kier alpha value is -1.06. The number of hydrogen-bond acceptors (Lipinski definition) is 2. The van der Waals surface area contributed by atoms with Gasteiger partial charge in [-0.1, -0.05) is 44.2 Å². The average Bonchev–Trinajstić information content (AvgIpc) is 2.34. The number of carbonyl (C=O) groups excluding carboxylic acids is 1. The van der Waals surface area contributed by atoms with Crippen LogP contribution in [0.2, 0.25) is 0 Å². The Morgan fingerprint density at radius 2 is 1.89 bits per heavy atom. The zero-order chi connectivity index (χ0) is 13.4. The molecule has 0 aliphatic heterocycles. The minimum atomic E-state index is -0.373. The van der Waals surface area contributed by atoms with E-state index in [0.717, 1.165) is 19.3 Å². The van der Waals surface area contributed by atoms with Crippen LogP contribution in [0.5, 0.6) is 0 Å². The molecule has 1 amide bonds. The SMILES string of the molecule is CC(C)C[C@H](N)C(=O)NCCCc1ccccc1.Cl. The summed E-state index contributed by atoms with van der Waals surface area (Å²) in [6.45, 7) is 4.84. The van der Waals surface area contributed by atoms with E-state index < -0.39 is 0 Å². The van der Waals surface area contributed by atoms with Crippen LogP contribution in [-0.2, 0) is 11.2 Å². The Balaban J connectivity index is 0.00000324. The Morgan fingerprint density at radius 3 is 2.47 bits per heavy atom. The molecule has 1 aromatic rings. The van der Waals surface area contributed by atoms with Crippen molar-refractivity contribution in [3.8, 4) is 0 Å². The lowest BCUT2D eigenvalue weighted by Gasteiger charge is -2.14. The number of aryl methyl sites for hydroxylation is 1. The number of amides is 1. The van der Waals surface area contributed by atoms with Crippen LogP contribution in [0.25, 0.3) is 0 Å². The van der Waals surface area contributed by atoms with Crippen LogP contribution >= 0.6 is 12.4 Å². The van der Waals surface area contributed by atoms with Crippen LogP contribution in [0.3, 0.4) is 0 Å². The lowest BCUT2D eigenvalue weighted by molar-refractivity contribution is -0.122.